The molecule has 3 aromatic rings. The van der Waals surface area contributed by atoms with Gasteiger partial charge in [0.05, 0.1) is 23.4 Å². The molecule has 0 saturated heterocycles. The van der Waals surface area contributed by atoms with Crippen LogP contribution in [0.15, 0.2) is 41.0 Å². The number of rotatable bonds is 5. The van der Waals surface area contributed by atoms with Crippen LogP contribution in [0.2, 0.25) is 0 Å². The lowest BCUT2D eigenvalue weighted by atomic mass is 9.54. The van der Waals surface area contributed by atoms with Gasteiger partial charge in [-0.3, -0.25) is 4.79 Å². The van der Waals surface area contributed by atoms with E-state index in [1.165, 1.54) is 0 Å². The number of fused-ring (bicyclic) bond motifs is 1. The Morgan fingerprint density at radius 3 is 2.76 bits per heavy atom. The molecule has 1 amide bonds. The van der Waals surface area contributed by atoms with Gasteiger partial charge in [0.25, 0.3) is 0 Å². The highest BCUT2D eigenvalue weighted by atomic mass is 35.5. The van der Waals surface area contributed by atoms with Crippen molar-refractivity contribution in [3.8, 4) is 11.6 Å². The minimum absolute atomic E-state index is 0. The molecule has 2 unspecified atom stereocenters. The molecule has 1 aromatic carbocycles. The van der Waals surface area contributed by atoms with E-state index < -0.39 is 11.0 Å². The van der Waals surface area contributed by atoms with Gasteiger partial charge in [-0.15, -0.1) is 24.8 Å². The quantitative estimate of drug-likeness (QED) is 0.552. The summed E-state index contributed by atoms with van der Waals surface area (Å²) in [5.41, 5.74) is 7.33. The zero-order chi connectivity index (χ0) is 19.2. The molecule has 1 saturated carbocycles. The van der Waals surface area contributed by atoms with Crippen molar-refractivity contribution in [1.82, 2.24) is 9.97 Å². The molecule has 2 heterocycles. The third-order valence-corrected chi connectivity index (χ3v) is 5.73. The van der Waals surface area contributed by atoms with Crippen LogP contribution in [-0.4, -0.2) is 34.1 Å². The molecule has 0 aliphatic heterocycles. The van der Waals surface area contributed by atoms with E-state index in [2.05, 4.69) is 15.3 Å². The molecule has 0 spiro atoms. The smallest absolute Gasteiger partial charge is 0.245 e. The van der Waals surface area contributed by atoms with E-state index in [-0.39, 0.29) is 36.8 Å². The number of anilines is 1. The third-order valence-electron chi connectivity index (χ3n) is 5.73. The molecule has 9 heteroatoms. The van der Waals surface area contributed by atoms with Crippen LogP contribution < -0.4 is 11.1 Å². The number of carbonyl (C=O) groups is 1. The van der Waals surface area contributed by atoms with Crippen LogP contribution >= 0.6 is 24.8 Å². The number of nitrogens with one attached hydrogen (secondary N) is 2. The summed E-state index contributed by atoms with van der Waals surface area (Å²) in [5, 5.41) is 2.95. The fourth-order valence-corrected chi connectivity index (χ4v) is 3.68. The number of imidazole rings is 1. The van der Waals surface area contributed by atoms with Crippen LogP contribution in [0.4, 0.5) is 5.69 Å². The first-order chi connectivity index (χ1) is 12.8. The lowest BCUT2D eigenvalue weighted by Gasteiger charge is -2.57. The van der Waals surface area contributed by atoms with Crippen molar-refractivity contribution >= 4 is 47.4 Å². The van der Waals surface area contributed by atoms with Gasteiger partial charge < -0.3 is 25.2 Å². The molecule has 2 atom stereocenters. The maximum Gasteiger partial charge on any atom is 0.245 e. The van der Waals surface area contributed by atoms with E-state index in [0.717, 1.165) is 11.0 Å². The first-order valence-corrected chi connectivity index (χ1v) is 9.11. The summed E-state index contributed by atoms with van der Waals surface area (Å²) >= 11 is 0. The van der Waals surface area contributed by atoms with Crippen molar-refractivity contribution in [2.75, 3.05) is 11.9 Å². The Hall–Kier alpha value is -2.06. The van der Waals surface area contributed by atoms with Gasteiger partial charge in [-0.05, 0) is 37.3 Å². The summed E-state index contributed by atoms with van der Waals surface area (Å²) in [6, 6.07) is 9.17. The minimum atomic E-state index is -0.963. The Labute approximate surface area is 181 Å². The second-order valence-electron chi connectivity index (χ2n) is 7.59. The summed E-state index contributed by atoms with van der Waals surface area (Å²) in [7, 11) is 0. The molecule has 158 valence electrons. The zero-order valence-corrected chi connectivity index (χ0v) is 18.2. The molecular formula is C20H26Cl2N4O3. The summed E-state index contributed by atoms with van der Waals surface area (Å²) in [6.45, 7) is 6.51. The third kappa shape index (κ3) is 3.75. The maximum absolute atomic E-state index is 12.9. The largest absolute Gasteiger partial charge is 0.461 e. The van der Waals surface area contributed by atoms with Gasteiger partial charge in [0, 0.05) is 24.1 Å². The normalized spacial score (nSPS) is 22.3. The standard InChI is InChI=1S/C20H24N4O3.2ClH/c1-4-26-16-11-20(21,19(16,2)3)18(25)22-12-7-8-13-14(10-12)24-17(23-13)15-6-5-9-27-15;;/h5-10,16H,4,11,21H2,1-3H3,(H,22,25)(H,23,24);2*1H. The van der Waals surface area contributed by atoms with Gasteiger partial charge >= 0.3 is 0 Å². The van der Waals surface area contributed by atoms with E-state index in [1.807, 2.05) is 51.1 Å². The van der Waals surface area contributed by atoms with E-state index >= 15 is 0 Å². The summed E-state index contributed by atoms with van der Waals surface area (Å²) < 4.78 is 11.1. The number of halogens is 2. The number of H-pyrrole nitrogens is 1. The van der Waals surface area contributed by atoms with E-state index in [0.29, 0.717) is 30.3 Å². The number of aromatic nitrogens is 2. The number of hydrogen-bond acceptors (Lipinski definition) is 5. The maximum atomic E-state index is 12.9. The van der Waals surface area contributed by atoms with Crippen molar-refractivity contribution in [1.29, 1.82) is 0 Å². The molecule has 1 fully saturated rings. The Bertz CT molecular complexity index is 987. The summed E-state index contributed by atoms with van der Waals surface area (Å²) in [4.78, 5) is 20.6. The van der Waals surface area contributed by atoms with Crippen LogP contribution in [0.3, 0.4) is 0 Å². The van der Waals surface area contributed by atoms with Crippen molar-refractivity contribution in [3.63, 3.8) is 0 Å². The molecule has 1 aliphatic carbocycles. The Morgan fingerprint density at radius 2 is 2.14 bits per heavy atom. The molecule has 1 aliphatic rings. The van der Waals surface area contributed by atoms with E-state index in [4.69, 9.17) is 14.9 Å². The minimum Gasteiger partial charge on any atom is -0.461 e. The molecule has 0 radical (unpaired) electrons. The second kappa shape index (κ2) is 8.36. The SMILES string of the molecule is CCOC1CC(N)(C(=O)Nc2ccc3nc(-c4ccco4)[nH]c3c2)C1(C)C.Cl.Cl. The number of nitrogens with two attached hydrogens (primary N) is 1. The number of carbonyl (C=O) groups excluding carboxylic acids is 1. The predicted octanol–water partition coefficient (Wildman–Crippen LogP) is 4.14. The zero-order valence-electron chi connectivity index (χ0n) is 16.5. The molecular weight excluding hydrogens is 415 g/mol. The van der Waals surface area contributed by atoms with Gasteiger partial charge in [-0.25, -0.2) is 4.98 Å². The molecule has 7 nitrogen and oxygen atoms in total. The van der Waals surface area contributed by atoms with E-state index in [9.17, 15) is 4.79 Å². The van der Waals surface area contributed by atoms with Crippen LogP contribution in [0.1, 0.15) is 27.2 Å². The Balaban J connectivity index is 0.00000150. The van der Waals surface area contributed by atoms with Crippen LogP contribution in [0, 0.1) is 5.41 Å². The monoisotopic (exact) mass is 440 g/mol. The fraction of sp³-hybridized carbons (Fsp3) is 0.400. The van der Waals surface area contributed by atoms with Crippen molar-refractivity contribution < 1.29 is 13.9 Å². The average molecular weight is 441 g/mol. The van der Waals surface area contributed by atoms with Crippen molar-refractivity contribution in [2.45, 2.75) is 38.8 Å². The number of nitrogens with zero attached hydrogens (tertiary/aromatic N) is 1. The molecule has 4 rings (SSSR count). The summed E-state index contributed by atoms with van der Waals surface area (Å²) in [6.07, 6.45) is 2.10. The van der Waals surface area contributed by atoms with Crippen molar-refractivity contribution in [3.05, 3.63) is 36.6 Å². The number of furan rings is 1. The van der Waals surface area contributed by atoms with Crippen LogP contribution in [-0.2, 0) is 9.53 Å². The number of benzene rings is 1. The van der Waals surface area contributed by atoms with Crippen LogP contribution in [0.25, 0.3) is 22.6 Å². The molecule has 0 bridgehead atoms. The number of aromatic amines is 1. The van der Waals surface area contributed by atoms with Gasteiger partial charge in [-0.2, -0.15) is 0 Å². The Morgan fingerprint density at radius 1 is 1.38 bits per heavy atom. The second-order valence-corrected chi connectivity index (χ2v) is 7.59. The van der Waals surface area contributed by atoms with Gasteiger partial charge in [-0.1, -0.05) is 13.8 Å². The predicted molar refractivity (Wildman–Crippen MR) is 118 cm³/mol. The lowest BCUT2D eigenvalue weighted by molar-refractivity contribution is -0.166. The Kier molecular flexibility index (Phi) is 6.69. The lowest BCUT2D eigenvalue weighted by Crippen LogP contribution is -2.74. The summed E-state index contributed by atoms with van der Waals surface area (Å²) in [5.74, 6) is 1.11. The number of amides is 1. The topological polar surface area (TPSA) is 106 Å². The molecule has 2 aromatic heterocycles. The average Bonchev–Trinajstić information content (AvgIpc) is 3.30. The first kappa shape index (κ1) is 23.2. The fourth-order valence-electron chi connectivity index (χ4n) is 3.68. The van der Waals surface area contributed by atoms with Gasteiger partial charge in [0.1, 0.15) is 5.54 Å². The van der Waals surface area contributed by atoms with Crippen molar-refractivity contribution in [2.24, 2.45) is 11.1 Å². The van der Waals surface area contributed by atoms with Gasteiger partial charge in [0.2, 0.25) is 5.91 Å². The van der Waals surface area contributed by atoms with Gasteiger partial charge in [0.15, 0.2) is 11.6 Å². The highest BCUT2D eigenvalue weighted by Crippen LogP contribution is 2.50. The number of hydrogen-bond donors (Lipinski definition) is 3. The number of ether oxygens (including phenoxy) is 1. The van der Waals surface area contributed by atoms with Crippen LogP contribution in [0.5, 0.6) is 0 Å². The molecule has 4 N–H and O–H groups in total. The van der Waals surface area contributed by atoms with E-state index in [1.54, 1.807) is 6.26 Å². The highest BCUT2D eigenvalue weighted by Gasteiger charge is 2.62. The first-order valence-electron chi connectivity index (χ1n) is 9.11. The molecule has 29 heavy (non-hydrogen) atoms. The highest BCUT2D eigenvalue weighted by molar-refractivity contribution is 6.01.